The molecule has 0 amide bonds. The number of carbonyl (C=O) groups is 1. The van der Waals surface area contributed by atoms with E-state index in [1.165, 1.54) is 12.1 Å². The van der Waals surface area contributed by atoms with Gasteiger partial charge in [-0.2, -0.15) is 18.3 Å². The van der Waals surface area contributed by atoms with Gasteiger partial charge in [0.15, 0.2) is 0 Å². The third-order valence-electron chi connectivity index (χ3n) is 4.95. The van der Waals surface area contributed by atoms with Crippen molar-refractivity contribution >= 4 is 16.9 Å². The van der Waals surface area contributed by atoms with Crippen LogP contribution in [0.4, 0.5) is 13.2 Å². The molecular weight excluding hydrogens is 411 g/mol. The Bertz CT molecular complexity index is 1240. The summed E-state index contributed by atoms with van der Waals surface area (Å²) in [6.07, 6.45) is -2.78. The Labute approximate surface area is 174 Å². The van der Waals surface area contributed by atoms with Crippen molar-refractivity contribution in [3.05, 3.63) is 71.5 Å². The number of nitrogens with zero attached hydrogens (tertiary/aromatic N) is 2. The number of H-pyrrole nitrogens is 1. The van der Waals surface area contributed by atoms with E-state index in [4.69, 9.17) is 9.84 Å². The van der Waals surface area contributed by atoms with Gasteiger partial charge in [-0.25, -0.2) is 0 Å². The molecule has 9 heteroatoms. The summed E-state index contributed by atoms with van der Waals surface area (Å²) < 4.78 is 45.7. The average molecular weight is 429 g/mol. The number of ether oxygens (including phenoxy) is 1. The van der Waals surface area contributed by atoms with Crippen LogP contribution in [0.15, 0.2) is 54.7 Å². The van der Waals surface area contributed by atoms with Crippen LogP contribution < -0.4 is 4.74 Å². The number of halogens is 3. The molecular formula is C22H18F3N3O3. The van der Waals surface area contributed by atoms with Crippen LogP contribution in [0.2, 0.25) is 0 Å². The van der Waals surface area contributed by atoms with E-state index in [0.29, 0.717) is 22.6 Å². The van der Waals surface area contributed by atoms with E-state index in [0.717, 1.165) is 28.7 Å². The average Bonchev–Trinajstić information content (AvgIpc) is 3.28. The van der Waals surface area contributed by atoms with Crippen molar-refractivity contribution in [3.8, 4) is 17.0 Å². The zero-order chi connectivity index (χ0) is 22.2. The number of aliphatic carboxylic acids is 1. The summed E-state index contributed by atoms with van der Waals surface area (Å²) in [4.78, 5) is 14.0. The lowest BCUT2D eigenvalue weighted by Crippen LogP contribution is -2.04. The van der Waals surface area contributed by atoms with Crippen LogP contribution in [0.25, 0.3) is 22.2 Å². The van der Waals surface area contributed by atoms with Gasteiger partial charge in [-0.1, -0.05) is 12.1 Å². The first kappa shape index (κ1) is 20.5. The van der Waals surface area contributed by atoms with Crippen LogP contribution in [0.5, 0.6) is 5.75 Å². The topological polar surface area (TPSA) is 80.1 Å². The van der Waals surface area contributed by atoms with Gasteiger partial charge in [0.05, 0.1) is 23.4 Å². The predicted octanol–water partition coefficient (Wildman–Crippen LogP) is 4.79. The van der Waals surface area contributed by atoms with Crippen molar-refractivity contribution in [2.24, 2.45) is 7.05 Å². The smallest absolute Gasteiger partial charge is 0.416 e. The highest BCUT2D eigenvalue weighted by atomic mass is 19.4. The number of fused-ring (bicyclic) bond motifs is 1. The molecule has 2 aromatic heterocycles. The monoisotopic (exact) mass is 429 g/mol. The largest absolute Gasteiger partial charge is 0.487 e. The number of carboxylic acid groups (broad SMARTS) is 1. The van der Waals surface area contributed by atoms with Crippen molar-refractivity contribution in [2.45, 2.75) is 19.2 Å². The normalized spacial score (nSPS) is 11.7. The first-order valence-corrected chi connectivity index (χ1v) is 9.36. The Balaban J connectivity index is 1.48. The summed E-state index contributed by atoms with van der Waals surface area (Å²) in [5, 5.41) is 14.2. The zero-order valence-corrected chi connectivity index (χ0v) is 16.4. The summed E-state index contributed by atoms with van der Waals surface area (Å²) in [7, 11) is 1.73. The number of nitrogens with one attached hydrogen (secondary N) is 1. The summed E-state index contributed by atoms with van der Waals surface area (Å²) in [6.45, 7) is 0.207. The van der Waals surface area contributed by atoms with Crippen molar-refractivity contribution in [3.63, 3.8) is 0 Å². The van der Waals surface area contributed by atoms with E-state index in [1.807, 2.05) is 0 Å². The molecule has 160 valence electrons. The van der Waals surface area contributed by atoms with Crippen LogP contribution in [0.3, 0.4) is 0 Å². The fourth-order valence-electron chi connectivity index (χ4n) is 3.33. The molecule has 0 unspecified atom stereocenters. The first-order valence-electron chi connectivity index (χ1n) is 9.36. The fraction of sp³-hybridized carbons (Fsp3) is 0.182. The highest BCUT2D eigenvalue weighted by molar-refractivity contribution is 5.87. The quantitative estimate of drug-likeness (QED) is 0.462. The Morgan fingerprint density at radius 2 is 1.90 bits per heavy atom. The van der Waals surface area contributed by atoms with Crippen LogP contribution in [0, 0.1) is 0 Å². The molecule has 2 aromatic carbocycles. The third-order valence-corrected chi connectivity index (χ3v) is 4.95. The number of alkyl halides is 3. The third kappa shape index (κ3) is 4.40. The Morgan fingerprint density at radius 1 is 1.16 bits per heavy atom. The van der Waals surface area contributed by atoms with Gasteiger partial charge in [-0.15, -0.1) is 0 Å². The number of aromatic nitrogens is 3. The van der Waals surface area contributed by atoms with Crippen molar-refractivity contribution in [1.82, 2.24) is 14.8 Å². The molecule has 0 aliphatic rings. The standard InChI is InChI=1S/C22H18F3N3O3/c1-28-16(9-19(27-28)13-2-4-15(5-3-13)22(23,24)25)12-31-17-6-7-18-14(8-21(29)30)11-26-20(18)10-17/h2-7,9-11,26H,8,12H2,1H3,(H,29,30). The lowest BCUT2D eigenvalue weighted by atomic mass is 10.1. The SMILES string of the molecule is Cn1nc(-c2ccc(C(F)(F)F)cc2)cc1COc1ccc2c(CC(=O)O)c[nH]c2c1. The molecule has 0 saturated carbocycles. The summed E-state index contributed by atoms with van der Waals surface area (Å²) in [5.41, 5.74) is 2.63. The molecule has 0 fully saturated rings. The minimum absolute atomic E-state index is 0.0675. The maximum absolute atomic E-state index is 12.7. The molecule has 0 spiro atoms. The highest BCUT2D eigenvalue weighted by Crippen LogP contribution is 2.31. The minimum atomic E-state index is -4.38. The maximum atomic E-state index is 12.7. The highest BCUT2D eigenvalue weighted by Gasteiger charge is 2.30. The summed E-state index contributed by atoms with van der Waals surface area (Å²) in [6, 6.07) is 12.0. The Hall–Kier alpha value is -3.75. The number of carboxylic acids is 1. The number of aromatic amines is 1. The summed E-state index contributed by atoms with van der Waals surface area (Å²) >= 11 is 0. The molecule has 4 aromatic rings. The number of hydrogen-bond donors (Lipinski definition) is 2. The molecule has 2 N–H and O–H groups in total. The van der Waals surface area contributed by atoms with E-state index in [1.54, 1.807) is 42.2 Å². The van der Waals surface area contributed by atoms with Crippen molar-refractivity contribution < 1.29 is 27.8 Å². The van der Waals surface area contributed by atoms with E-state index < -0.39 is 17.7 Å². The molecule has 0 radical (unpaired) electrons. The lowest BCUT2D eigenvalue weighted by molar-refractivity contribution is -0.138. The molecule has 0 atom stereocenters. The lowest BCUT2D eigenvalue weighted by Gasteiger charge is -2.06. The van der Waals surface area contributed by atoms with Gasteiger partial charge in [0, 0.05) is 35.8 Å². The van der Waals surface area contributed by atoms with Gasteiger partial charge in [-0.3, -0.25) is 9.48 Å². The second-order valence-electron chi connectivity index (χ2n) is 7.10. The molecule has 4 rings (SSSR count). The van der Waals surface area contributed by atoms with Crippen LogP contribution in [-0.4, -0.2) is 25.8 Å². The number of hydrogen-bond acceptors (Lipinski definition) is 3. The van der Waals surface area contributed by atoms with Crippen LogP contribution in [-0.2, 0) is 31.0 Å². The van der Waals surface area contributed by atoms with Gasteiger partial charge in [0.25, 0.3) is 0 Å². The van der Waals surface area contributed by atoms with Crippen LogP contribution >= 0.6 is 0 Å². The van der Waals surface area contributed by atoms with E-state index in [2.05, 4.69) is 10.1 Å². The minimum Gasteiger partial charge on any atom is -0.487 e. The van der Waals surface area contributed by atoms with E-state index in [9.17, 15) is 18.0 Å². The number of aryl methyl sites for hydroxylation is 1. The Kier molecular flexibility index (Phi) is 5.18. The van der Waals surface area contributed by atoms with Gasteiger partial charge < -0.3 is 14.8 Å². The summed E-state index contributed by atoms with van der Waals surface area (Å²) in [5.74, 6) is -0.310. The van der Waals surface area contributed by atoms with Crippen molar-refractivity contribution in [2.75, 3.05) is 0 Å². The molecule has 0 aliphatic heterocycles. The van der Waals surface area contributed by atoms with Gasteiger partial charge in [0.2, 0.25) is 0 Å². The predicted molar refractivity (Wildman–Crippen MR) is 108 cm³/mol. The second-order valence-corrected chi connectivity index (χ2v) is 7.10. The Morgan fingerprint density at radius 3 is 2.58 bits per heavy atom. The van der Waals surface area contributed by atoms with Gasteiger partial charge in [-0.05, 0) is 35.9 Å². The number of benzene rings is 2. The second kappa shape index (κ2) is 7.82. The molecule has 0 bridgehead atoms. The zero-order valence-electron chi connectivity index (χ0n) is 16.4. The fourth-order valence-corrected chi connectivity index (χ4v) is 3.33. The maximum Gasteiger partial charge on any atom is 0.416 e. The van der Waals surface area contributed by atoms with E-state index in [-0.39, 0.29) is 13.0 Å². The molecule has 0 aliphatic carbocycles. The van der Waals surface area contributed by atoms with Crippen molar-refractivity contribution in [1.29, 1.82) is 0 Å². The molecule has 0 saturated heterocycles. The van der Waals surface area contributed by atoms with E-state index >= 15 is 0 Å². The number of rotatable bonds is 6. The molecule has 31 heavy (non-hydrogen) atoms. The molecule has 6 nitrogen and oxygen atoms in total. The van der Waals surface area contributed by atoms with Gasteiger partial charge >= 0.3 is 12.1 Å². The van der Waals surface area contributed by atoms with Crippen LogP contribution in [0.1, 0.15) is 16.8 Å². The van der Waals surface area contributed by atoms with Gasteiger partial charge in [0.1, 0.15) is 12.4 Å². The molecule has 2 heterocycles. The first-order chi connectivity index (χ1) is 14.7.